The van der Waals surface area contributed by atoms with E-state index in [1.54, 1.807) is 16.1 Å². The lowest BCUT2D eigenvalue weighted by molar-refractivity contribution is 0.305. The molecule has 0 N–H and O–H groups in total. The van der Waals surface area contributed by atoms with Crippen LogP contribution in [0, 0.1) is 0 Å². The number of hydrogen-bond acceptors (Lipinski definition) is 5. The lowest BCUT2D eigenvalue weighted by Crippen LogP contribution is -2.38. The Kier molecular flexibility index (Phi) is 3.87. The highest BCUT2D eigenvalue weighted by molar-refractivity contribution is 8.16. The maximum atomic E-state index is 12.1. The van der Waals surface area contributed by atoms with Crippen LogP contribution in [0.4, 0.5) is 5.69 Å². The molecule has 7 heteroatoms. The molecule has 1 fully saturated rings. The van der Waals surface area contributed by atoms with E-state index >= 15 is 0 Å². The molecule has 5 rings (SSSR count). The quantitative estimate of drug-likeness (QED) is 0.778. The predicted octanol–water partition coefficient (Wildman–Crippen LogP) is 3.43. The molecule has 0 bridgehead atoms. The Hall–Kier alpha value is -1.47. The maximum absolute atomic E-state index is 12.1. The van der Waals surface area contributed by atoms with Gasteiger partial charge < -0.3 is 4.90 Å². The average molecular weight is 390 g/mol. The summed E-state index contributed by atoms with van der Waals surface area (Å²) in [5.74, 6) is 0. The molecule has 1 saturated carbocycles. The van der Waals surface area contributed by atoms with Gasteiger partial charge >= 0.3 is 0 Å². The molecule has 4 aliphatic rings. The Balaban J connectivity index is 1.49. The highest BCUT2D eigenvalue weighted by Gasteiger charge is 2.42. The summed E-state index contributed by atoms with van der Waals surface area (Å²) in [6, 6.07) is 7.21. The fourth-order valence-electron chi connectivity index (χ4n) is 4.70. The van der Waals surface area contributed by atoms with Gasteiger partial charge in [0.1, 0.15) is 0 Å². The number of aliphatic imine (C=N–C) groups is 1. The molecule has 26 heavy (non-hydrogen) atoms. The van der Waals surface area contributed by atoms with Gasteiger partial charge in [-0.2, -0.15) is 0 Å². The van der Waals surface area contributed by atoms with Crippen molar-refractivity contribution in [2.45, 2.75) is 50.6 Å². The topological polar surface area (TPSA) is 53.0 Å². The minimum atomic E-state index is -3.22. The zero-order valence-corrected chi connectivity index (χ0v) is 16.5. The third kappa shape index (κ3) is 2.59. The van der Waals surface area contributed by atoms with Gasteiger partial charge in [-0.15, -0.1) is 0 Å². The van der Waals surface area contributed by atoms with Gasteiger partial charge in [-0.25, -0.2) is 8.42 Å². The number of aryl methyl sites for hydroxylation is 1. The summed E-state index contributed by atoms with van der Waals surface area (Å²) in [5.41, 5.74) is 4.40. The number of thioether (sulfide) groups is 1. The number of amidine groups is 1. The molecule has 0 radical (unpaired) electrons. The van der Waals surface area contributed by atoms with E-state index in [0.717, 1.165) is 29.3 Å². The molecule has 1 aromatic carbocycles. The molecule has 3 aliphatic heterocycles. The van der Waals surface area contributed by atoms with Gasteiger partial charge in [-0.05, 0) is 48.9 Å². The molecule has 0 aromatic heterocycles. The summed E-state index contributed by atoms with van der Waals surface area (Å²) in [4.78, 5) is 7.38. The first kappa shape index (κ1) is 16.7. The van der Waals surface area contributed by atoms with Gasteiger partial charge in [0.25, 0.3) is 0 Å². The van der Waals surface area contributed by atoms with Crippen LogP contribution in [0.2, 0.25) is 0 Å². The molecule has 0 saturated heterocycles. The molecule has 5 nitrogen and oxygen atoms in total. The molecule has 0 spiro atoms. The second kappa shape index (κ2) is 6.02. The van der Waals surface area contributed by atoms with Gasteiger partial charge in [0.2, 0.25) is 10.0 Å². The number of rotatable bonds is 2. The van der Waals surface area contributed by atoms with E-state index in [1.807, 2.05) is 6.07 Å². The number of anilines is 1. The van der Waals surface area contributed by atoms with E-state index in [0.29, 0.717) is 18.6 Å². The molecule has 1 aromatic rings. The summed E-state index contributed by atoms with van der Waals surface area (Å²) < 4.78 is 25.7. The van der Waals surface area contributed by atoms with Gasteiger partial charge in [-0.3, -0.25) is 9.30 Å². The van der Waals surface area contributed by atoms with Crippen molar-refractivity contribution in [1.29, 1.82) is 0 Å². The van der Waals surface area contributed by atoms with Crippen molar-refractivity contribution in [2.75, 3.05) is 17.1 Å². The van der Waals surface area contributed by atoms with Crippen LogP contribution >= 0.6 is 11.8 Å². The van der Waals surface area contributed by atoms with E-state index in [4.69, 9.17) is 4.99 Å². The molecular formula is C19H23N3O2S2. The van der Waals surface area contributed by atoms with Gasteiger partial charge in [0.05, 0.1) is 29.7 Å². The van der Waals surface area contributed by atoms with Crippen molar-refractivity contribution < 1.29 is 8.42 Å². The van der Waals surface area contributed by atoms with E-state index in [-0.39, 0.29) is 0 Å². The lowest BCUT2D eigenvalue weighted by atomic mass is 9.90. The first-order valence-electron chi connectivity index (χ1n) is 9.37. The van der Waals surface area contributed by atoms with E-state index in [9.17, 15) is 8.42 Å². The van der Waals surface area contributed by atoms with E-state index in [2.05, 4.69) is 22.4 Å². The number of sulfonamides is 1. The Morgan fingerprint density at radius 3 is 2.88 bits per heavy atom. The standard InChI is InChI=1S/C19H23N3O2S2/c1-26(23,24)21-10-4-5-13-11-14(8-9-16(13)21)18-12-25-19-20-15-6-2-3-7-17(15)22(18)19/h8-9,11-12,15,17H,2-7,10H2,1H3/t15-,17+/m1/s1. The summed E-state index contributed by atoms with van der Waals surface area (Å²) in [5, 5.41) is 3.36. The number of hydrogen-bond donors (Lipinski definition) is 0. The zero-order valence-electron chi connectivity index (χ0n) is 14.9. The van der Waals surface area contributed by atoms with Crippen LogP contribution in [-0.2, 0) is 16.4 Å². The lowest BCUT2D eigenvalue weighted by Gasteiger charge is -2.33. The highest BCUT2D eigenvalue weighted by Crippen LogP contribution is 2.44. The van der Waals surface area contributed by atoms with Crippen LogP contribution in [0.25, 0.3) is 5.70 Å². The summed E-state index contributed by atoms with van der Waals surface area (Å²) in [6.45, 7) is 0.580. The normalized spacial score (nSPS) is 27.6. The van der Waals surface area contributed by atoms with Crippen molar-refractivity contribution in [2.24, 2.45) is 4.99 Å². The third-order valence-corrected chi connectivity index (χ3v) is 7.93. The Bertz CT molecular complexity index is 923. The second-order valence-electron chi connectivity index (χ2n) is 7.60. The SMILES string of the molecule is CS(=O)(=O)N1CCCc2cc(C3=CSC4=N[C@@H]5CCCC[C@@H]5N34)ccc21. The number of fused-ring (bicyclic) bond motifs is 4. The van der Waals surface area contributed by atoms with Crippen LogP contribution in [0.1, 0.15) is 43.2 Å². The first-order valence-corrected chi connectivity index (χ1v) is 12.1. The molecule has 0 amide bonds. The van der Waals surface area contributed by atoms with Gasteiger partial charge in [-0.1, -0.05) is 30.7 Å². The van der Waals surface area contributed by atoms with Crippen LogP contribution in [-0.4, -0.2) is 43.4 Å². The molecule has 1 aliphatic carbocycles. The van der Waals surface area contributed by atoms with Crippen molar-refractivity contribution in [3.63, 3.8) is 0 Å². The first-order chi connectivity index (χ1) is 12.5. The smallest absolute Gasteiger partial charge is 0.232 e. The van der Waals surface area contributed by atoms with Crippen LogP contribution in [0.15, 0.2) is 28.6 Å². The minimum absolute atomic E-state index is 0.452. The van der Waals surface area contributed by atoms with Crippen molar-refractivity contribution in [3.05, 3.63) is 34.7 Å². The van der Waals surface area contributed by atoms with E-state index < -0.39 is 10.0 Å². The van der Waals surface area contributed by atoms with Gasteiger partial charge in [0.15, 0.2) is 5.17 Å². The third-order valence-electron chi connectivity index (χ3n) is 5.90. The summed E-state index contributed by atoms with van der Waals surface area (Å²) >= 11 is 1.73. The van der Waals surface area contributed by atoms with Crippen LogP contribution < -0.4 is 4.31 Å². The van der Waals surface area contributed by atoms with Crippen molar-refractivity contribution >= 4 is 38.3 Å². The largest absolute Gasteiger partial charge is 0.315 e. The molecule has 2 atom stereocenters. The molecular weight excluding hydrogens is 366 g/mol. The monoisotopic (exact) mass is 389 g/mol. The number of benzene rings is 1. The Labute approximate surface area is 159 Å². The highest BCUT2D eigenvalue weighted by atomic mass is 32.2. The number of nitrogens with zero attached hydrogens (tertiary/aromatic N) is 3. The Morgan fingerprint density at radius 1 is 1.19 bits per heavy atom. The molecule has 3 heterocycles. The molecule has 0 unspecified atom stereocenters. The Morgan fingerprint density at radius 2 is 2.04 bits per heavy atom. The zero-order chi connectivity index (χ0) is 17.9. The van der Waals surface area contributed by atoms with Crippen LogP contribution in [0.3, 0.4) is 0 Å². The second-order valence-corrected chi connectivity index (χ2v) is 10.3. The fourth-order valence-corrected chi connectivity index (χ4v) is 6.70. The average Bonchev–Trinajstić information content (AvgIpc) is 3.19. The predicted molar refractivity (Wildman–Crippen MR) is 108 cm³/mol. The van der Waals surface area contributed by atoms with Crippen molar-refractivity contribution in [3.8, 4) is 0 Å². The maximum Gasteiger partial charge on any atom is 0.232 e. The minimum Gasteiger partial charge on any atom is -0.315 e. The molecule has 138 valence electrons. The van der Waals surface area contributed by atoms with Crippen LogP contribution in [0.5, 0.6) is 0 Å². The summed E-state index contributed by atoms with van der Waals surface area (Å²) in [7, 11) is -3.22. The van der Waals surface area contributed by atoms with E-state index in [1.165, 1.54) is 43.2 Å². The summed E-state index contributed by atoms with van der Waals surface area (Å²) in [6.07, 6.45) is 8.08. The van der Waals surface area contributed by atoms with Crippen molar-refractivity contribution in [1.82, 2.24) is 4.90 Å². The van der Waals surface area contributed by atoms with Gasteiger partial charge in [0, 0.05) is 12.0 Å². The fraction of sp³-hybridized carbons (Fsp3) is 0.526.